The Balaban J connectivity index is 3.35. The molecular weight excluding hydrogens is 351 g/mol. The van der Waals surface area contributed by atoms with Gasteiger partial charge >= 0.3 is 10.1 Å². The van der Waals surface area contributed by atoms with Gasteiger partial charge in [0.2, 0.25) is 34.8 Å². The molecule has 0 atom stereocenters. The maximum Gasteiger partial charge on any atom is 0.310 e. The molecule has 0 aromatic heterocycles. The minimum absolute atomic E-state index is 0.134. The van der Waals surface area contributed by atoms with Gasteiger partial charge in [-0.1, -0.05) is 15.9 Å². The summed E-state index contributed by atoms with van der Waals surface area (Å²) >= 11 is 2.72. The first-order valence-corrected chi connectivity index (χ1v) is 6.90. The van der Waals surface area contributed by atoms with Gasteiger partial charge in [-0.05, 0) is 0 Å². The second-order valence-corrected chi connectivity index (χ2v) is 5.42. The van der Waals surface area contributed by atoms with Crippen molar-refractivity contribution in [2.75, 3.05) is 11.1 Å². The Morgan fingerprint density at radius 3 is 1.67 bits per heavy atom. The molecule has 0 aliphatic heterocycles. The zero-order valence-electron chi connectivity index (χ0n) is 8.31. The molecule has 0 aliphatic rings. The molecule has 0 radical (unpaired) electrons. The van der Waals surface area contributed by atoms with Crippen molar-refractivity contribution in [1.82, 2.24) is 0 Å². The number of hydrogen-bond acceptors (Lipinski definition) is 3. The summed E-state index contributed by atoms with van der Waals surface area (Å²) < 4.78 is 90.2. The van der Waals surface area contributed by atoms with Gasteiger partial charge in [0.25, 0.3) is 0 Å². The van der Waals surface area contributed by atoms with E-state index in [1.807, 2.05) is 0 Å². The summed E-state index contributed by atoms with van der Waals surface area (Å²) in [7, 11) is -4.46. The molecule has 0 fully saturated rings. The van der Waals surface area contributed by atoms with E-state index in [4.69, 9.17) is 0 Å². The Morgan fingerprint density at radius 1 is 0.889 bits per heavy atom. The summed E-state index contributed by atoms with van der Waals surface area (Å²) in [6.07, 6.45) is 0. The number of hydrogen-bond donors (Lipinski definition) is 0. The van der Waals surface area contributed by atoms with Gasteiger partial charge < -0.3 is 4.18 Å². The summed E-state index contributed by atoms with van der Waals surface area (Å²) in [4.78, 5) is 0. The predicted molar refractivity (Wildman–Crippen MR) is 54.4 cm³/mol. The van der Waals surface area contributed by atoms with E-state index in [9.17, 15) is 30.4 Å². The highest BCUT2D eigenvalue weighted by Crippen LogP contribution is 2.30. The molecule has 0 heterocycles. The average molecular weight is 355 g/mol. The van der Waals surface area contributed by atoms with Crippen molar-refractivity contribution >= 4 is 26.0 Å². The van der Waals surface area contributed by atoms with Crippen LogP contribution in [-0.2, 0) is 10.1 Å². The van der Waals surface area contributed by atoms with Crippen molar-refractivity contribution in [2.45, 2.75) is 0 Å². The van der Waals surface area contributed by atoms with Crippen molar-refractivity contribution in [3.63, 3.8) is 0 Å². The average Bonchev–Trinajstić information content (AvgIpc) is 2.30. The summed E-state index contributed by atoms with van der Waals surface area (Å²) in [5.74, 6) is -14.2. The first-order valence-electron chi connectivity index (χ1n) is 4.20. The van der Waals surface area contributed by atoms with Gasteiger partial charge in [-0.25, -0.2) is 13.2 Å². The second kappa shape index (κ2) is 5.39. The van der Waals surface area contributed by atoms with Crippen LogP contribution in [0.4, 0.5) is 22.0 Å². The largest absolute Gasteiger partial charge is 0.376 e. The second-order valence-electron chi connectivity index (χ2n) is 2.93. The Bertz CT molecular complexity index is 546. The topological polar surface area (TPSA) is 43.4 Å². The Kier molecular flexibility index (Phi) is 4.54. The monoisotopic (exact) mass is 354 g/mol. The molecule has 18 heavy (non-hydrogen) atoms. The van der Waals surface area contributed by atoms with Crippen LogP contribution in [0.5, 0.6) is 5.75 Å². The lowest BCUT2D eigenvalue weighted by molar-refractivity contribution is 0.347. The highest BCUT2D eigenvalue weighted by molar-refractivity contribution is 9.09. The number of alkyl halides is 1. The van der Waals surface area contributed by atoms with Crippen LogP contribution < -0.4 is 4.18 Å². The fraction of sp³-hybridized carbons (Fsp3) is 0.250. The highest BCUT2D eigenvalue weighted by atomic mass is 79.9. The van der Waals surface area contributed by atoms with E-state index in [1.165, 1.54) is 0 Å². The van der Waals surface area contributed by atoms with E-state index >= 15 is 0 Å². The van der Waals surface area contributed by atoms with Crippen LogP contribution in [-0.4, -0.2) is 19.5 Å². The van der Waals surface area contributed by atoms with Gasteiger partial charge in [-0.3, -0.25) is 0 Å². The molecular formula is C8H4BrF5O3S. The first-order chi connectivity index (χ1) is 8.21. The van der Waals surface area contributed by atoms with Gasteiger partial charge in [-0.15, -0.1) is 0 Å². The smallest absolute Gasteiger partial charge is 0.310 e. The van der Waals surface area contributed by atoms with E-state index in [-0.39, 0.29) is 5.33 Å². The van der Waals surface area contributed by atoms with Crippen LogP contribution in [0.2, 0.25) is 0 Å². The maximum absolute atomic E-state index is 13.1. The zero-order chi connectivity index (χ0) is 14.1. The molecule has 1 rings (SSSR count). The van der Waals surface area contributed by atoms with Gasteiger partial charge in [-0.2, -0.15) is 17.2 Å². The van der Waals surface area contributed by atoms with Crippen LogP contribution in [0.1, 0.15) is 0 Å². The van der Waals surface area contributed by atoms with E-state index in [0.29, 0.717) is 0 Å². The highest BCUT2D eigenvalue weighted by Gasteiger charge is 2.29. The molecule has 0 spiro atoms. The number of benzene rings is 1. The van der Waals surface area contributed by atoms with Crippen molar-refractivity contribution < 1.29 is 34.6 Å². The Hall–Kier alpha value is -0.900. The molecule has 0 saturated carbocycles. The van der Waals surface area contributed by atoms with E-state index in [2.05, 4.69) is 20.1 Å². The summed E-state index contributed by atoms with van der Waals surface area (Å²) in [5, 5.41) is -0.134. The van der Waals surface area contributed by atoms with E-state index < -0.39 is 50.7 Å². The van der Waals surface area contributed by atoms with Crippen LogP contribution in [0.3, 0.4) is 0 Å². The maximum atomic E-state index is 13.1. The molecule has 0 amide bonds. The Morgan fingerprint density at radius 2 is 1.28 bits per heavy atom. The summed E-state index contributed by atoms with van der Waals surface area (Å²) in [6, 6.07) is 0. The molecule has 1 aromatic rings. The van der Waals surface area contributed by atoms with Crippen LogP contribution >= 0.6 is 15.9 Å². The van der Waals surface area contributed by atoms with E-state index in [1.54, 1.807) is 0 Å². The fourth-order valence-electron chi connectivity index (χ4n) is 0.921. The van der Waals surface area contributed by atoms with Crippen molar-refractivity contribution in [3.05, 3.63) is 29.1 Å². The molecule has 3 nitrogen and oxygen atoms in total. The molecule has 102 valence electrons. The molecule has 0 unspecified atom stereocenters. The SMILES string of the molecule is O=S(=O)(CCBr)Oc1c(F)c(F)c(F)c(F)c1F. The summed E-state index contributed by atoms with van der Waals surface area (Å²) in [6.45, 7) is 0. The third-order valence-corrected chi connectivity index (χ3v) is 3.75. The lowest BCUT2D eigenvalue weighted by Crippen LogP contribution is -2.17. The quantitative estimate of drug-likeness (QED) is 0.274. The third kappa shape index (κ3) is 2.91. The Labute approximate surface area is 107 Å². The lowest BCUT2D eigenvalue weighted by atomic mass is 10.3. The van der Waals surface area contributed by atoms with Gasteiger partial charge in [0.15, 0.2) is 0 Å². The zero-order valence-corrected chi connectivity index (χ0v) is 10.7. The molecule has 0 N–H and O–H groups in total. The first kappa shape index (κ1) is 15.2. The minimum atomic E-state index is -4.46. The lowest BCUT2D eigenvalue weighted by Gasteiger charge is -2.09. The van der Waals surface area contributed by atoms with Gasteiger partial charge in [0.05, 0.1) is 5.75 Å². The standard InChI is InChI=1S/C8H4BrF5O3S/c9-1-2-18(15,16)17-8-6(13)4(11)3(10)5(12)7(8)14/h1-2H2. The van der Waals surface area contributed by atoms with Crippen molar-refractivity contribution in [3.8, 4) is 5.75 Å². The molecule has 1 aromatic carbocycles. The van der Waals surface area contributed by atoms with Crippen LogP contribution in [0.25, 0.3) is 0 Å². The van der Waals surface area contributed by atoms with Crippen LogP contribution in [0.15, 0.2) is 0 Å². The molecule has 10 heteroatoms. The normalized spacial score (nSPS) is 11.7. The van der Waals surface area contributed by atoms with Crippen LogP contribution in [0, 0.1) is 29.1 Å². The molecule has 0 bridgehead atoms. The molecule has 0 aliphatic carbocycles. The fourth-order valence-corrected chi connectivity index (χ4v) is 2.78. The number of rotatable bonds is 4. The van der Waals surface area contributed by atoms with E-state index in [0.717, 1.165) is 0 Å². The number of halogens is 6. The summed E-state index contributed by atoms with van der Waals surface area (Å²) in [5.41, 5.74) is 0. The van der Waals surface area contributed by atoms with Gasteiger partial charge in [0, 0.05) is 5.33 Å². The van der Waals surface area contributed by atoms with Gasteiger partial charge in [0.1, 0.15) is 0 Å². The predicted octanol–water partition coefficient (Wildman–Crippen LogP) is 2.49. The minimum Gasteiger partial charge on any atom is -0.376 e. The van der Waals surface area contributed by atoms with Crippen molar-refractivity contribution in [2.24, 2.45) is 0 Å². The van der Waals surface area contributed by atoms with Crippen molar-refractivity contribution in [1.29, 1.82) is 0 Å². The molecule has 0 saturated heterocycles. The third-order valence-electron chi connectivity index (χ3n) is 1.71.